The molecule has 1 aromatic carbocycles. The van der Waals surface area contributed by atoms with Crippen molar-refractivity contribution in [1.29, 1.82) is 10.8 Å². The Morgan fingerprint density at radius 2 is 1.53 bits per heavy atom. The Kier molecular flexibility index (Phi) is 6.67. The highest BCUT2D eigenvalue weighted by Crippen LogP contribution is 2.26. The maximum atomic E-state index is 14.3. The van der Waals surface area contributed by atoms with Crippen LogP contribution in [-0.4, -0.2) is 46.6 Å². The van der Waals surface area contributed by atoms with Crippen molar-refractivity contribution in [2.75, 3.05) is 13.2 Å². The molecule has 0 amide bonds. The normalized spacial score (nSPS) is 12.7. The standard InChI is InChI=1S/C19H20F5N3O3/c1-17(2,28)10-29-11-18(20,21)16(26)27-9-13(5-8-15(27)25)12-3-6-14(7-4-12)30-19(22,23)24/h3-9,25-26,28H,10-11H2,1-2H3. The third-order valence-corrected chi connectivity index (χ3v) is 3.70. The summed E-state index contributed by atoms with van der Waals surface area (Å²) < 4.78 is 74.7. The van der Waals surface area contributed by atoms with E-state index in [9.17, 15) is 27.1 Å². The Hall–Kier alpha value is -2.79. The van der Waals surface area contributed by atoms with Crippen molar-refractivity contribution in [2.24, 2.45) is 0 Å². The van der Waals surface area contributed by atoms with Gasteiger partial charge in [0.25, 0.3) is 0 Å². The van der Waals surface area contributed by atoms with Crippen molar-refractivity contribution in [2.45, 2.75) is 31.7 Å². The lowest BCUT2D eigenvalue weighted by molar-refractivity contribution is -0.274. The molecular formula is C19H20F5N3O3. The number of aromatic nitrogens is 1. The van der Waals surface area contributed by atoms with Gasteiger partial charge in [0, 0.05) is 6.20 Å². The Bertz CT molecular complexity index is 948. The fourth-order valence-electron chi connectivity index (χ4n) is 2.38. The number of ether oxygens (including phenoxy) is 2. The zero-order chi connectivity index (χ0) is 22.7. The van der Waals surface area contributed by atoms with Gasteiger partial charge < -0.3 is 14.6 Å². The topological polar surface area (TPSA) is 91.3 Å². The van der Waals surface area contributed by atoms with Crippen LogP contribution in [0.4, 0.5) is 22.0 Å². The van der Waals surface area contributed by atoms with E-state index in [-0.39, 0.29) is 6.61 Å². The summed E-state index contributed by atoms with van der Waals surface area (Å²) >= 11 is 0. The third kappa shape index (κ3) is 6.63. The van der Waals surface area contributed by atoms with Crippen LogP contribution in [0.1, 0.15) is 13.8 Å². The minimum atomic E-state index is -4.84. The molecule has 1 heterocycles. The molecule has 0 aliphatic heterocycles. The molecular weight excluding hydrogens is 413 g/mol. The SMILES string of the molecule is CC(C)(O)COCC(F)(F)C(=N)n1cc(-c2ccc(OC(F)(F)F)cc2)ccc1=N. The van der Waals surface area contributed by atoms with E-state index in [1.54, 1.807) is 0 Å². The monoisotopic (exact) mass is 433 g/mol. The third-order valence-electron chi connectivity index (χ3n) is 3.70. The molecule has 164 valence electrons. The number of rotatable bonds is 7. The first kappa shape index (κ1) is 23.5. The maximum absolute atomic E-state index is 14.3. The van der Waals surface area contributed by atoms with Crippen LogP contribution in [0.2, 0.25) is 0 Å². The molecule has 11 heteroatoms. The average molecular weight is 433 g/mol. The highest BCUT2D eigenvalue weighted by atomic mass is 19.4. The minimum Gasteiger partial charge on any atom is -0.406 e. The number of nitrogens with one attached hydrogen (secondary N) is 2. The second kappa shape index (κ2) is 8.52. The molecule has 0 aliphatic rings. The van der Waals surface area contributed by atoms with E-state index < -0.39 is 41.6 Å². The fraction of sp³-hybridized carbons (Fsp3) is 0.368. The summed E-state index contributed by atoms with van der Waals surface area (Å²) in [7, 11) is 0. The van der Waals surface area contributed by atoms with Crippen LogP contribution < -0.4 is 10.2 Å². The predicted octanol–water partition coefficient (Wildman–Crippen LogP) is 3.78. The van der Waals surface area contributed by atoms with Gasteiger partial charge in [-0.1, -0.05) is 12.1 Å². The van der Waals surface area contributed by atoms with Crippen LogP contribution in [-0.2, 0) is 4.74 Å². The van der Waals surface area contributed by atoms with E-state index in [0.717, 1.165) is 18.3 Å². The highest BCUT2D eigenvalue weighted by Gasteiger charge is 2.37. The molecule has 2 rings (SSSR count). The lowest BCUT2D eigenvalue weighted by Crippen LogP contribution is -2.43. The summed E-state index contributed by atoms with van der Waals surface area (Å²) in [5, 5.41) is 25.1. The van der Waals surface area contributed by atoms with E-state index in [1.807, 2.05) is 0 Å². The van der Waals surface area contributed by atoms with Crippen LogP contribution in [0.3, 0.4) is 0 Å². The number of halogens is 5. The summed E-state index contributed by atoms with van der Waals surface area (Å²) in [4.78, 5) is 0. The largest absolute Gasteiger partial charge is 0.573 e. The van der Waals surface area contributed by atoms with Gasteiger partial charge in [-0.15, -0.1) is 13.2 Å². The van der Waals surface area contributed by atoms with Crippen molar-refractivity contribution in [3.05, 3.63) is 48.1 Å². The van der Waals surface area contributed by atoms with Crippen molar-refractivity contribution >= 4 is 5.84 Å². The molecule has 1 aromatic heterocycles. The van der Waals surface area contributed by atoms with Gasteiger partial charge in [0.05, 0.1) is 12.2 Å². The van der Waals surface area contributed by atoms with E-state index >= 15 is 0 Å². The van der Waals surface area contributed by atoms with Gasteiger partial charge in [-0.2, -0.15) is 8.78 Å². The molecule has 6 nitrogen and oxygen atoms in total. The maximum Gasteiger partial charge on any atom is 0.573 e. The first-order chi connectivity index (χ1) is 13.7. The summed E-state index contributed by atoms with van der Waals surface area (Å²) in [6, 6.07) is 7.29. The highest BCUT2D eigenvalue weighted by molar-refractivity contribution is 5.88. The van der Waals surface area contributed by atoms with Crippen molar-refractivity contribution in [1.82, 2.24) is 4.57 Å². The van der Waals surface area contributed by atoms with Gasteiger partial charge in [-0.05, 0) is 49.2 Å². The second-order valence-corrected chi connectivity index (χ2v) is 7.10. The molecule has 0 bridgehead atoms. The molecule has 0 aliphatic carbocycles. The number of alkyl halides is 5. The Labute approximate surface area is 168 Å². The number of hydrogen-bond donors (Lipinski definition) is 3. The van der Waals surface area contributed by atoms with Crippen molar-refractivity contribution in [3.63, 3.8) is 0 Å². The summed E-state index contributed by atoms with van der Waals surface area (Å²) in [5.41, 5.74) is -1.06. The molecule has 30 heavy (non-hydrogen) atoms. The van der Waals surface area contributed by atoms with Gasteiger partial charge in [0.2, 0.25) is 0 Å². The van der Waals surface area contributed by atoms with Gasteiger partial charge in [-0.25, -0.2) is 0 Å². The lowest BCUT2D eigenvalue weighted by Gasteiger charge is -2.22. The van der Waals surface area contributed by atoms with Gasteiger partial charge in [0.1, 0.15) is 17.8 Å². The van der Waals surface area contributed by atoms with E-state index in [4.69, 9.17) is 15.6 Å². The van der Waals surface area contributed by atoms with Crippen molar-refractivity contribution in [3.8, 4) is 16.9 Å². The van der Waals surface area contributed by atoms with Crippen LogP contribution >= 0.6 is 0 Å². The molecule has 0 radical (unpaired) electrons. The molecule has 0 unspecified atom stereocenters. The van der Waals surface area contributed by atoms with E-state index in [1.165, 1.54) is 38.1 Å². The summed E-state index contributed by atoms with van der Waals surface area (Å²) in [5.74, 6) is -5.42. The quantitative estimate of drug-likeness (QED) is 0.353. The molecule has 0 atom stereocenters. The van der Waals surface area contributed by atoms with Crippen LogP contribution in [0.25, 0.3) is 11.1 Å². The molecule has 0 fully saturated rings. The number of nitrogens with zero attached hydrogens (tertiary/aromatic N) is 1. The molecule has 3 N–H and O–H groups in total. The zero-order valence-electron chi connectivity index (χ0n) is 16.1. The predicted molar refractivity (Wildman–Crippen MR) is 97.6 cm³/mol. The summed E-state index contributed by atoms with van der Waals surface area (Å²) in [6.45, 7) is 1.21. The first-order valence-electron chi connectivity index (χ1n) is 8.59. The number of pyridine rings is 1. The first-order valence-corrected chi connectivity index (χ1v) is 8.59. The second-order valence-electron chi connectivity index (χ2n) is 7.10. The molecule has 0 saturated heterocycles. The Balaban J connectivity index is 2.24. The fourth-order valence-corrected chi connectivity index (χ4v) is 2.38. The summed E-state index contributed by atoms with van der Waals surface area (Å²) in [6.07, 6.45) is -3.74. The van der Waals surface area contributed by atoms with Crippen LogP contribution in [0, 0.1) is 10.8 Å². The number of aliphatic hydroxyl groups is 1. The van der Waals surface area contributed by atoms with Gasteiger partial charge in [-0.3, -0.25) is 15.4 Å². The van der Waals surface area contributed by atoms with Gasteiger partial charge in [0.15, 0.2) is 5.84 Å². The van der Waals surface area contributed by atoms with E-state index in [0.29, 0.717) is 15.7 Å². The molecule has 0 saturated carbocycles. The van der Waals surface area contributed by atoms with E-state index in [2.05, 4.69) is 4.74 Å². The van der Waals surface area contributed by atoms with Gasteiger partial charge >= 0.3 is 12.3 Å². The Morgan fingerprint density at radius 3 is 2.07 bits per heavy atom. The smallest absolute Gasteiger partial charge is 0.406 e. The minimum absolute atomic E-state index is 0.294. The number of benzene rings is 1. The van der Waals surface area contributed by atoms with Crippen molar-refractivity contribution < 1.29 is 36.5 Å². The lowest BCUT2D eigenvalue weighted by atomic mass is 10.1. The van der Waals surface area contributed by atoms with Crippen LogP contribution in [0.5, 0.6) is 5.75 Å². The van der Waals surface area contributed by atoms with Crippen LogP contribution in [0.15, 0.2) is 42.6 Å². The molecule has 2 aromatic rings. The molecule has 0 spiro atoms. The zero-order valence-corrected chi connectivity index (χ0v) is 16.1. The number of hydrogen-bond acceptors (Lipinski definition) is 5. The average Bonchev–Trinajstić information content (AvgIpc) is 2.59. The Morgan fingerprint density at radius 1 is 0.967 bits per heavy atom.